The molecule has 0 aliphatic heterocycles. The lowest BCUT2D eigenvalue weighted by molar-refractivity contribution is 0.0696. The number of rotatable bonds is 5. The number of nitrogens with zero attached hydrogens (tertiary/aromatic N) is 1. The molecule has 0 atom stereocenters. The molecule has 0 saturated heterocycles. The van der Waals surface area contributed by atoms with Crippen LogP contribution in [0.25, 0.3) is 0 Å². The van der Waals surface area contributed by atoms with Gasteiger partial charge in [-0.3, -0.25) is 0 Å². The molecule has 1 aromatic rings. The summed E-state index contributed by atoms with van der Waals surface area (Å²) in [5.41, 5.74) is 1.18. The summed E-state index contributed by atoms with van der Waals surface area (Å²) in [7, 11) is 0. The van der Waals surface area contributed by atoms with Crippen molar-refractivity contribution in [3.05, 3.63) is 35.4 Å². The Balaban J connectivity index is 1.56. The minimum Gasteiger partial charge on any atom is -0.478 e. The van der Waals surface area contributed by atoms with Crippen molar-refractivity contribution in [3.63, 3.8) is 0 Å². The molecule has 5 nitrogen and oxygen atoms in total. The number of benzene rings is 1. The molecule has 3 rings (SSSR count). The van der Waals surface area contributed by atoms with Gasteiger partial charge in [-0.2, -0.15) is 0 Å². The molecule has 2 fully saturated rings. The Hall–Kier alpha value is -2.04. The van der Waals surface area contributed by atoms with Crippen molar-refractivity contribution in [1.29, 1.82) is 0 Å². The van der Waals surface area contributed by atoms with Gasteiger partial charge in [0.1, 0.15) is 0 Å². The molecular weight excluding hydrogens is 304 g/mol. The van der Waals surface area contributed by atoms with E-state index in [9.17, 15) is 9.59 Å². The van der Waals surface area contributed by atoms with E-state index in [4.69, 9.17) is 5.11 Å². The summed E-state index contributed by atoms with van der Waals surface area (Å²) in [6, 6.07) is 7.48. The van der Waals surface area contributed by atoms with Gasteiger partial charge in [-0.1, -0.05) is 19.1 Å². The van der Waals surface area contributed by atoms with E-state index < -0.39 is 5.97 Å². The van der Waals surface area contributed by atoms with E-state index in [1.54, 1.807) is 24.3 Å². The molecule has 5 heteroatoms. The van der Waals surface area contributed by atoms with Crippen LogP contribution in [0.1, 0.15) is 61.4 Å². The van der Waals surface area contributed by atoms with Crippen molar-refractivity contribution in [1.82, 2.24) is 10.2 Å². The quantitative estimate of drug-likeness (QED) is 0.866. The predicted octanol–water partition coefficient (Wildman–Crippen LogP) is 3.64. The fourth-order valence-electron chi connectivity index (χ4n) is 3.54. The second-order valence-electron chi connectivity index (χ2n) is 7.21. The number of carbonyl (C=O) groups is 2. The first-order valence-electron chi connectivity index (χ1n) is 8.93. The average Bonchev–Trinajstić information content (AvgIpc) is 3.40. The minimum absolute atomic E-state index is 0.0272. The normalized spacial score (nSPS) is 23.5. The highest BCUT2D eigenvalue weighted by atomic mass is 16.4. The van der Waals surface area contributed by atoms with Gasteiger partial charge in [-0.15, -0.1) is 0 Å². The number of urea groups is 1. The van der Waals surface area contributed by atoms with Crippen LogP contribution in [0.3, 0.4) is 0 Å². The number of hydrogen-bond donors (Lipinski definition) is 2. The second-order valence-corrected chi connectivity index (χ2v) is 7.21. The summed E-state index contributed by atoms with van der Waals surface area (Å²) in [6.07, 6.45) is 6.87. The Kier molecular flexibility index (Phi) is 5.07. The summed E-state index contributed by atoms with van der Waals surface area (Å²) in [4.78, 5) is 25.6. The van der Waals surface area contributed by atoms with Crippen molar-refractivity contribution in [2.24, 2.45) is 5.92 Å². The van der Waals surface area contributed by atoms with Gasteiger partial charge in [-0.25, -0.2) is 9.59 Å². The maximum absolute atomic E-state index is 12.7. The molecular formula is C19H26N2O3. The van der Waals surface area contributed by atoms with Crippen LogP contribution in [0.15, 0.2) is 24.3 Å². The number of nitrogens with one attached hydrogen (secondary N) is 1. The third kappa shape index (κ3) is 4.08. The van der Waals surface area contributed by atoms with Gasteiger partial charge < -0.3 is 15.3 Å². The zero-order chi connectivity index (χ0) is 17.1. The van der Waals surface area contributed by atoms with Gasteiger partial charge in [0, 0.05) is 18.6 Å². The smallest absolute Gasteiger partial charge is 0.335 e. The van der Waals surface area contributed by atoms with Crippen molar-refractivity contribution < 1.29 is 14.7 Å². The Labute approximate surface area is 143 Å². The Morgan fingerprint density at radius 3 is 2.08 bits per heavy atom. The standard InChI is InChI=1S/C19H26N2O3/c1-13-2-8-16(9-3-13)21(17-10-11-17)19(24)20-12-14-4-6-15(7-5-14)18(22)23/h4-7,13,16-17H,2-3,8-12H2,1H3,(H,20,24)(H,22,23). The Morgan fingerprint density at radius 1 is 1.04 bits per heavy atom. The highest BCUT2D eigenvalue weighted by molar-refractivity contribution is 5.87. The van der Waals surface area contributed by atoms with Gasteiger partial charge in [0.15, 0.2) is 0 Å². The first-order valence-corrected chi connectivity index (χ1v) is 8.93. The van der Waals surface area contributed by atoms with E-state index in [-0.39, 0.29) is 11.6 Å². The molecule has 0 spiro atoms. The van der Waals surface area contributed by atoms with E-state index >= 15 is 0 Å². The Morgan fingerprint density at radius 2 is 1.58 bits per heavy atom. The summed E-state index contributed by atoms with van der Waals surface area (Å²) < 4.78 is 0. The van der Waals surface area contributed by atoms with Crippen LogP contribution in [0.5, 0.6) is 0 Å². The molecule has 2 amide bonds. The lowest BCUT2D eigenvalue weighted by atomic mass is 9.86. The van der Waals surface area contributed by atoms with Gasteiger partial charge >= 0.3 is 12.0 Å². The fraction of sp³-hybridized carbons (Fsp3) is 0.579. The lowest BCUT2D eigenvalue weighted by Crippen LogP contribution is -2.48. The van der Waals surface area contributed by atoms with Crippen LogP contribution < -0.4 is 5.32 Å². The summed E-state index contributed by atoms with van der Waals surface area (Å²) in [5, 5.41) is 11.9. The summed E-state index contributed by atoms with van der Waals surface area (Å²) in [5.74, 6) is -0.157. The molecule has 2 saturated carbocycles. The summed E-state index contributed by atoms with van der Waals surface area (Å²) in [6.45, 7) is 2.73. The maximum atomic E-state index is 12.7. The second kappa shape index (κ2) is 7.24. The van der Waals surface area contributed by atoms with E-state index in [1.165, 1.54) is 12.8 Å². The topological polar surface area (TPSA) is 69.6 Å². The van der Waals surface area contributed by atoms with Gasteiger partial charge in [0.25, 0.3) is 0 Å². The van der Waals surface area contributed by atoms with Gasteiger partial charge in [-0.05, 0) is 62.1 Å². The van der Waals surface area contributed by atoms with Gasteiger partial charge in [0.05, 0.1) is 5.56 Å². The molecule has 1 aromatic carbocycles. The molecule has 0 radical (unpaired) electrons. The third-order valence-electron chi connectivity index (χ3n) is 5.20. The number of carboxylic acid groups (broad SMARTS) is 1. The van der Waals surface area contributed by atoms with Crippen LogP contribution in [-0.2, 0) is 6.54 Å². The third-order valence-corrected chi connectivity index (χ3v) is 5.20. The predicted molar refractivity (Wildman–Crippen MR) is 91.9 cm³/mol. The van der Waals surface area contributed by atoms with Crippen LogP contribution in [0.2, 0.25) is 0 Å². The largest absolute Gasteiger partial charge is 0.478 e. The van der Waals surface area contributed by atoms with E-state index in [1.807, 2.05) is 0 Å². The monoisotopic (exact) mass is 330 g/mol. The summed E-state index contributed by atoms with van der Waals surface area (Å²) >= 11 is 0. The number of hydrogen-bond acceptors (Lipinski definition) is 2. The molecule has 2 aliphatic rings. The Bertz CT molecular complexity index is 587. The molecule has 0 bridgehead atoms. The van der Waals surface area contributed by atoms with Crippen LogP contribution in [-0.4, -0.2) is 34.1 Å². The molecule has 24 heavy (non-hydrogen) atoms. The molecule has 0 heterocycles. The zero-order valence-corrected chi connectivity index (χ0v) is 14.2. The number of aromatic carboxylic acids is 1. The fourth-order valence-corrected chi connectivity index (χ4v) is 3.54. The van der Waals surface area contributed by atoms with Crippen LogP contribution in [0, 0.1) is 5.92 Å². The first-order chi connectivity index (χ1) is 11.5. The number of carbonyl (C=O) groups excluding carboxylic acids is 1. The first kappa shape index (κ1) is 16.8. The van der Waals surface area contributed by atoms with Crippen LogP contribution in [0.4, 0.5) is 4.79 Å². The SMILES string of the molecule is CC1CCC(N(C(=O)NCc2ccc(C(=O)O)cc2)C2CC2)CC1. The van der Waals surface area contributed by atoms with Crippen LogP contribution >= 0.6 is 0 Å². The maximum Gasteiger partial charge on any atom is 0.335 e. The van der Waals surface area contributed by atoms with Crippen molar-refractivity contribution in [3.8, 4) is 0 Å². The zero-order valence-electron chi connectivity index (χ0n) is 14.2. The van der Waals surface area contributed by atoms with E-state index in [2.05, 4.69) is 17.1 Å². The van der Waals surface area contributed by atoms with E-state index in [0.717, 1.165) is 37.2 Å². The van der Waals surface area contributed by atoms with Crippen molar-refractivity contribution in [2.45, 2.75) is 64.1 Å². The molecule has 0 unspecified atom stereocenters. The van der Waals surface area contributed by atoms with Crippen molar-refractivity contribution >= 4 is 12.0 Å². The van der Waals surface area contributed by atoms with E-state index in [0.29, 0.717) is 18.6 Å². The highest BCUT2D eigenvalue weighted by Crippen LogP contribution is 2.35. The molecule has 2 aliphatic carbocycles. The van der Waals surface area contributed by atoms with Gasteiger partial charge in [0.2, 0.25) is 0 Å². The number of carboxylic acids is 1. The van der Waals surface area contributed by atoms with Crippen molar-refractivity contribution in [2.75, 3.05) is 0 Å². The molecule has 2 N–H and O–H groups in total. The number of amides is 2. The average molecular weight is 330 g/mol. The molecule has 130 valence electrons. The minimum atomic E-state index is -0.933. The molecule has 0 aromatic heterocycles. The highest BCUT2D eigenvalue weighted by Gasteiger charge is 2.38. The lowest BCUT2D eigenvalue weighted by Gasteiger charge is -2.36.